The van der Waals surface area contributed by atoms with Crippen LogP contribution in [0.15, 0.2) is 72.8 Å². The van der Waals surface area contributed by atoms with Gasteiger partial charge in [0.15, 0.2) is 5.78 Å². The average Bonchev–Trinajstić information content (AvgIpc) is 2.87. The van der Waals surface area contributed by atoms with Crippen molar-refractivity contribution in [3.63, 3.8) is 0 Å². The van der Waals surface area contributed by atoms with Gasteiger partial charge in [0.2, 0.25) is 5.91 Å². The first kappa shape index (κ1) is 26.5. The van der Waals surface area contributed by atoms with Crippen molar-refractivity contribution in [1.29, 1.82) is 0 Å². The Kier molecular flexibility index (Phi) is 8.47. The highest BCUT2D eigenvalue weighted by molar-refractivity contribution is 6.15. The molecule has 0 aliphatic heterocycles. The summed E-state index contributed by atoms with van der Waals surface area (Å²) in [6.07, 6.45) is -5.15. The summed E-state index contributed by atoms with van der Waals surface area (Å²) in [5.41, 5.74) is -0.220. The van der Waals surface area contributed by atoms with Gasteiger partial charge in [-0.05, 0) is 60.2 Å². The van der Waals surface area contributed by atoms with Crippen LogP contribution in [0.2, 0.25) is 0 Å². The van der Waals surface area contributed by atoms with Gasteiger partial charge in [0.25, 0.3) is 0 Å². The molecular weight excluding hydrogens is 475 g/mol. The molecule has 6 nitrogen and oxygen atoms in total. The van der Waals surface area contributed by atoms with Gasteiger partial charge in [-0.1, -0.05) is 18.2 Å². The minimum absolute atomic E-state index is 0.0386. The van der Waals surface area contributed by atoms with Crippen LogP contribution in [0.3, 0.4) is 0 Å². The Bertz CT molecular complexity index is 1220. The van der Waals surface area contributed by atoms with Crippen LogP contribution >= 0.6 is 0 Å². The lowest BCUT2D eigenvalue weighted by molar-refractivity contribution is -0.137. The molecule has 0 saturated heterocycles. The van der Waals surface area contributed by atoms with E-state index in [0.29, 0.717) is 22.6 Å². The molecular formula is C27H24F3NO5. The van der Waals surface area contributed by atoms with Crippen molar-refractivity contribution in [3.8, 4) is 11.5 Å². The van der Waals surface area contributed by atoms with Crippen molar-refractivity contribution in [2.45, 2.75) is 24.9 Å². The Morgan fingerprint density at radius 2 is 1.42 bits per heavy atom. The van der Waals surface area contributed by atoms with Crippen molar-refractivity contribution < 1.29 is 37.0 Å². The number of halogens is 3. The van der Waals surface area contributed by atoms with E-state index in [4.69, 9.17) is 9.47 Å². The van der Waals surface area contributed by atoms with Crippen LogP contribution in [-0.2, 0) is 15.8 Å². The Hall–Kier alpha value is -4.14. The minimum atomic E-state index is -4.55. The van der Waals surface area contributed by atoms with Crippen LogP contribution in [0.1, 0.15) is 40.2 Å². The van der Waals surface area contributed by atoms with Gasteiger partial charge in [-0.3, -0.25) is 14.4 Å². The molecule has 0 heterocycles. The Morgan fingerprint density at radius 1 is 0.833 bits per heavy atom. The van der Waals surface area contributed by atoms with E-state index in [-0.39, 0.29) is 18.5 Å². The molecule has 0 aliphatic rings. The fourth-order valence-corrected chi connectivity index (χ4v) is 3.58. The topological polar surface area (TPSA) is 81.7 Å². The Balaban J connectivity index is 1.76. The molecule has 1 atom stereocenters. The predicted octanol–water partition coefficient (Wildman–Crippen LogP) is 5.68. The number of carbonyl (C=O) groups is 3. The summed E-state index contributed by atoms with van der Waals surface area (Å²) in [7, 11) is 2.98. The van der Waals surface area contributed by atoms with Crippen molar-refractivity contribution in [1.82, 2.24) is 0 Å². The van der Waals surface area contributed by atoms with Gasteiger partial charge < -0.3 is 14.8 Å². The zero-order valence-corrected chi connectivity index (χ0v) is 19.6. The molecule has 0 saturated carbocycles. The number of carbonyl (C=O) groups excluding carboxylic acids is 3. The average molecular weight is 499 g/mol. The first-order valence-electron chi connectivity index (χ1n) is 10.9. The number of nitrogens with one attached hydrogen (secondary N) is 1. The maximum Gasteiger partial charge on any atom is 0.416 e. The van der Waals surface area contributed by atoms with E-state index < -0.39 is 35.1 Å². The largest absolute Gasteiger partial charge is 0.497 e. The van der Waals surface area contributed by atoms with E-state index in [1.807, 2.05) is 0 Å². The SMILES string of the molecule is COc1ccc(C(=O)C(C(=O)CCC(=O)Nc2cccc(C(F)(F)F)c2)c2ccc(OC)cc2)cc1. The van der Waals surface area contributed by atoms with E-state index in [9.17, 15) is 27.6 Å². The van der Waals surface area contributed by atoms with Crippen molar-refractivity contribution in [3.05, 3.63) is 89.5 Å². The monoisotopic (exact) mass is 499 g/mol. The first-order chi connectivity index (χ1) is 17.1. The lowest BCUT2D eigenvalue weighted by Crippen LogP contribution is -2.24. The predicted molar refractivity (Wildman–Crippen MR) is 127 cm³/mol. The van der Waals surface area contributed by atoms with Crippen molar-refractivity contribution in [2.24, 2.45) is 0 Å². The van der Waals surface area contributed by atoms with Crippen LogP contribution in [0.4, 0.5) is 18.9 Å². The summed E-state index contributed by atoms with van der Waals surface area (Å²) in [4.78, 5) is 38.9. The number of Topliss-reactive ketones (excluding diaryl/α,β-unsaturated/α-hetero) is 2. The van der Waals surface area contributed by atoms with Gasteiger partial charge in [0, 0.05) is 24.1 Å². The third-order valence-corrected chi connectivity index (χ3v) is 5.48. The highest BCUT2D eigenvalue weighted by atomic mass is 19.4. The number of methoxy groups -OCH3 is 2. The van der Waals surface area contributed by atoms with Crippen molar-refractivity contribution >= 4 is 23.2 Å². The van der Waals surface area contributed by atoms with Gasteiger partial charge in [-0.15, -0.1) is 0 Å². The lowest BCUT2D eigenvalue weighted by Gasteiger charge is -2.16. The Labute approximate surface area is 206 Å². The number of amides is 1. The second kappa shape index (κ2) is 11.5. The molecule has 3 rings (SSSR count). The highest BCUT2D eigenvalue weighted by Crippen LogP contribution is 2.31. The quantitative estimate of drug-likeness (QED) is 0.287. The smallest absolute Gasteiger partial charge is 0.416 e. The Morgan fingerprint density at radius 3 is 1.97 bits per heavy atom. The van der Waals surface area contributed by atoms with Gasteiger partial charge in [0.05, 0.1) is 19.8 Å². The molecule has 9 heteroatoms. The number of hydrogen-bond donors (Lipinski definition) is 1. The number of ketones is 2. The highest BCUT2D eigenvalue weighted by Gasteiger charge is 2.31. The number of benzene rings is 3. The summed E-state index contributed by atoms with van der Waals surface area (Å²) in [6, 6.07) is 17.0. The van der Waals surface area contributed by atoms with E-state index >= 15 is 0 Å². The second-order valence-electron chi connectivity index (χ2n) is 7.89. The maximum absolute atomic E-state index is 13.3. The number of alkyl halides is 3. The number of anilines is 1. The van der Waals surface area contributed by atoms with E-state index in [1.54, 1.807) is 48.5 Å². The van der Waals surface area contributed by atoms with Gasteiger partial charge in [-0.2, -0.15) is 13.2 Å². The fourth-order valence-electron chi connectivity index (χ4n) is 3.58. The van der Waals surface area contributed by atoms with Crippen LogP contribution in [0, 0.1) is 0 Å². The molecule has 0 aromatic heterocycles. The third-order valence-electron chi connectivity index (χ3n) is 5.48. The number of rotatable bonds is 10. The molecule has 188 valence electrons. The van der Waals surface area contributed by atoms with Gasteiger partial charge in [0.1, 0.15) is 23.2 Å². The first-order valence-corrected chi connectivity index (χ1v) is 10.9. The van der Waals surface area contributed by atoms with Crippen LogP contribution in [0.5, 0.6) is 11.5 Å². The standard InChI is InChI=1S/C27H24F3NO5/c1-35-21-10-6-17(7-11-21)25(26(34)18-8-12-22(36-2)13-9-18)23(32)14-15-24(33)31-20-5-3-4-19(16-20)27(28,29)30/h3-13,16,25H,14-15H2,1-2H3,(H,31,33). The maximum atomic E-state index is 13.3. The molecule has 1 unspecified atom stereocenters. The third kappa shape index (κ3) is 6.71. The van der Waals surface area contributed by atoms with E-state index in [1.165, 1.54) is 26.4 Å². The van der Waals surface area contributed by atoms with Crippen LogP contribution in [-0.4, -0.2) is 31.7 Å². The lowest BCUT2D eigenvalue weighted by atomic mass is 9.85. The van der Waals surface area contributed by atoms with Crippen LogP contribution < -0.4 is 14.8 Å². The molecule has 0 aliphatic carbocycles. The van der Waals surface area contributed by atoms with E-state index in [2.05, 4.69) is 5.32 Å². The van der Waals surface area contributed by atoms with Gasteiger partial charge >= 0.3 is 6.18 Å². The normalized spacial score (nSPS) is 11.9. The summed E-state index contributed by atoms with van der Waals surface area (Å²) in [5.74, 6) is -1.68. The molecule has 1 amide bonds. The molecule has 0 spiro atoms. The second-order valence-corrected chi connectivity index (χ2v) is 7.89. The molecule has 1 N–H and O–H groups in total. The fraction of sp³-hybridized carbons (Fsp3) is 0.222. The summed E-state index contributed by atoms with van der Waals surface area (Å²) in [5, 5.41) is 2.37. The minimum Gasteiger partial charge on any atom is -0.497 e. The zero-order valence-electron chi connectivity index (χ0n) is 19.6. The molecule has 36 heavy (non-hydrogen) atoms. The van der Waals surface area contributed by atoms with Gasteiger partial charge in [-0.25, -0.2) is 0 Å². The molecule has 0 radical (unpaired) electrons. The van der Waals surface area contributed by atoms with Crippen LogP contribution in [0.25, 0.3) is 0 Å². The summed E-state index contributed by atoms with van der Waals surface area (Å²) in [6.45, 7) is 0. The molecule has 3 aromatic carbocycles. The van der Waals surface area contributed by atoms with E-state index in [0.717, 1.165) is 12.1 Å². The van der Waals surface area contributed by atoms with Crippen molar-refractivity contribution in [2.75, 3.05) is 19.5 Å². The molecule has 0 bridgehead atoms. The zero-order chi connectivity index (χ0) is 26.3. The molecule has 0 fully saturated rings. The summed E-state index contributed by atoms with van der Waals surface area (Å²) >= 11 is 0. The summed E-state index contributed by atoms with van der Waals surface area (Å²) < 4.78 is 49.0. The number of ether oxygens (including phenoxy) is 2. The number of hydrogen-bond acceptors (Lipinski definition) is 5. The molecule has 3 aromatic rings.